The summed E-state index contributed by atoms with van der Waals surface area (Å²) in [5.41, 5.74) is 0.394. The zero-order valence-electron chi connectivity index (χ0n) is 12.0. The number of halogens is 4. The number of nitrogens with zero attached hydrogens (tertiary/aromatic N) is 1. The highest BCUT2D eigenvalue weighted by Gasteiger charge is 2.30. The zero-order chi connectivity index (χ0) is 16.3. The molecule has 22 heavy (non-hydrogen) atoms. The summed E-state index contributed by atoms with van der Waals surface area (Å²) in [5.74, 6) is -0.0993. The number of hydrogen-bond acceptors (Lipinski definition) is 1. The molecule has 3 aromatic rings. The average Bonchev–Trinajstić information content (AvgIpc) is 2.91. The second kappa shape index (κ2) is 6.17. The maximum Gasteiger partial charge on any atom is 0.416 e. The van der Waals surface area contributed by atoms with Gasteiger partial charge in [-0.1, -0.05) is 26.0 Å². The minimum Gasteiger partial charge on any atom is -0.338 e. The lowest BCUT2D eigenvalue weighted by atomic mass is 10.2. The maximum absolute atomic E-state index is 13.1. The van der Waals surface area contributed by atoms with Crippen LogP contribution in [-0.2, 0) is 6.18 Å². The first-order valence-electron chi connectivity index (χ1n) is 6.76. The number of benzene rings is 2. The second-order valence-corrected chi connectivity index (χ2v) is 4.33. The van der Waals surface area contributed by atoms with Crippen molar-refractivity contribution < 1.29 is 17.6 Å². The fourth-order valence-corrected chi connectivity index (χ4v) is 1.96. The fourth-order valence-electron chi connectivity index (χ4n) is 1.96. The third-order valence-electron chi connectivity index (χ3n) is 2.91. The normalized spacial score (nSPS) is 11.2. The van der Waals surface area contributed by atoms with Crippen LogP contribution in [0.5, 0.6) is 0 Å². The number of fused-ring (bicyclic) bond motifs is 1. The first kappa shape index (κ1) is 16.0. The van der Waals surface area contributed by atoms with E-state index in [1.54, 1.807) is 6.07 Å². The molecule has 6 heteroatoms. The molecule has 0 radical (unpaired) electrons. The Morgan fingerprint density at radius 2 is 1.73 bits per heavy atom. The number of hydrogen-bond donors (Lipinski definition) is 1. The van der Waals surface area contributed by atoms with Gasteiger partial charge in [-0.25, -0.2) is 9.37 Å². The van der Waals surface area contributed by atoms with Gasteiger partial charge in [-0.3, -0.25) is 0 Å². The SMILES string of the molecule is CC.Fc1cccc(-c2nc3ccc(C(F)(F)F)cc3[nH]2)c1. The Bertz CT molecular complexity index is 775. The first-order chi connectivity index (χ1) is 10.4. The van der Waals surface area contributed by atoms with Gasteiger partial charge in [0.05, 0.1) is 16.6 Å². The van der Waals surface area contributed by atoms with Crippen molar-refractivity contribution >= 4 is 11.0 Å². The van der Waals surface area contributed by atoms with Crippen molar-refractivity contribution in [2.75, 3.05) is 0 Å². The number of H-pyrrole nitrogens is 1. The van der Waals surface area contributed by atoms with Gasteiger partial charge in [0.15, 0.2) is 0 Å². The minimum atomic E-state index is -4.40. The molecule has 0 aliphatic heterocycles. The summed E-state index contributed by atoms with van der Waals surface area (Å²) in [6, 6.07) is 8.95. The first-order valence-corrected chi connectivity index (χ1v) is 6.76. The summed E-state index contributed by atoms with van der Waals surface area (Å²) >= 11 is 0. The van der Waals surface area contributed by atoms with Gasteiger partial charge in [-0.05, 0) is 30.3 Å². The Labute approximate surface area is 124 Å². The molecule has 0 saturated carbocycles. The van der Waals surface area contributed by atoms with E-state index in [0.29, 0.717) is 16.9 Å². The van der Waals surface area contributed by atoms with Gasteiger partial charge >= 0.3 is 6.18 Å². The Hall–Kier alpha value is -2.37. The average molecular weight is 310 g/mol. The van der Waals surface area contributed by atoms with E-state index in [4.69, 9.17) is 0 Å². The van der Waals surface area contributed by atoms with Crippen LogP contribution in [0.25, 0.3) is 22.4 Å². The predicted molar refractivity (Wildman–Crippen MR) is 77.8 cm³/mol. The lowest BCUT2D eigenvalue weighted by Crippen LogP contribution is -2.04. The number of imidazole rings is 1. The highest BCUT2D eigenvalue weighted by molar-refractivity contribution is 5.80. The van der Waals surface area contributed by atoms with E-state index in [2.05, 4.69) is 9.97 Å². The predicted octanol–water partition coefficient (Wildman–Crippen LogP) is 5.41. The zero-order valence-corrected chi connectivity index (χ0v) is 12.0. The third kappa shape index (κ3) is 3.27. The number of aromatic amines is 1. The largest absolute Gasteiger partial charge is 0.416 e. The molecule has 2 aromatic carbocycles. The smallest absolute Gasteiger partial charge is 0.338 e. The van der Waals surface area contributed by atoms with Crippen LogP contribution in [0, 0.1) is 5.82 Å². The second-order valence-electron chi connectivity index (χ2n) is 4.33. The number of rotatable bonds is 1. The summed E-state index contributed by atoms with van der Waals surface area (Å²) in [4.78, 5) is 6.93. The molecule has 0 bridgehead atoms. The standard InChI is InChI=1S/C14H8F4N2.C2H6/c15-10-3-1-2-8(6-10)13-19-11-5-4-9(14(16,17)18)7-12(11)20-13;1-2/h1-7H,(H,19,20);1-2H3. The van der Waals surface area contributed by atoms with Gasteiger partial charge in [0.2, 0.25) is 0 Å². The molecule has 0 amide bonds. The summed E-state index contributed by atoms with van der Waals surface area (Å²) in [6.45, 7) is 4.00. The molecule has 0 saturated heterocycles. The minimum absolute atomic E-state index is 0.263. The van der Waals surface area contributed by atoms with Crippen LogP contribution in [0.15, 0.2) is 42.5 Å². The van der Waals surface area contributed by atoms with Crippen molar-refractivity contribution in [1.29, 1.82) is 0 Å². The molecule has 1 N–H and O–H groups in total. The molecule has 2 nitrogen and oxygen atoms in total. The van der Waals surface area contributed by atoms with Crippen molar-refractivity contribution in [3.8, 4) is 11.4 Å². The third-order valence-corrected chi connectivity index (χ3v) is 2.91. The fraction of sp³-hybridized carbons (Fsp3) is 0.188. The Kier molecular flexibility index (Phi) is 4.49. The molecule has 116 valence electrons. The molecular weight excluding hydrogens is 296 g/mol. The highest BCUT2D eigenvalue weighted by atomic mass is 19.4. The van der Waals surface area contributed by atoms with Gasteiger partial charge in [0.1, 0.15) is 11.6 Å². The summed E-state index contributed by atoms with van der Waals surface area (Å²) in [5, 5.41) is 0. The van der Waals surface area contributed by atoms with Gasteiger partial charge in [0.25, 0.3) is 0 Å². The molecule has 1 heterocycles. The molecule has 0 aliphatic carbocycles. The van der Waals surface area contributed by atoms with Gasteiger partial charge in [-0.2, -0.15) is 13.2 Å². The van der Waals surface area contributed by atoms with E-state index in [1.165, 1.54) is 24.3 Å². The van der Waals surface area contributed by atoms with Crippen molar-refractivity contribution in [1.82, 2.24) is 9.97 Å². The van der Waals surface area contributed by atoms with Crippen LogP contribution < -0.4 is 0 Å². The number of nitrogens with one attached hydrogen (secondary N) is 1. The Balaban J connectivity index is 0.000000847. The topological polar surface area (TPSA) is 28.7 Å². The van der Waals surface area contributed by atoms with E-state index in [1.807, 2.05) is 13.8 Å². The molecule has 0 spiro atoms. The van der Waals surface area contributed by atoms with E-state index in [0.717, 1.165) is 12.1 Å². The molecule has 0 unspecified atom stereocenters. The van der Waals surface area contributed by atoms with Crippen LogP contribution >= 0.6 is 0 Å². The lowest BCUT2D eigenvalue weighted by Gasteiger charge is -2.05. The van der Waals surface area contributed by atoms with Crippen LogP contribution in [0.3, 0.4) is 0 Å². The summed E-state index contributed by atoms with van der Waals surface area (Å²) in [6.07, 6.45) is -4.40. The Morgan fingerprint density at radius 3 is 2.36 bits per heavy atom. The van der Waals surface area contributed by atoms with E-state index in [-0.39, 0.29) is 5.52 Å². The molecule has 0 atom stereocenters. The van der Waals surface area contributed by atoms with E-state index >= 15 is 0 Å². The van der Waals surface area contributed by atoms with E-state index < -0.39 is 17.6 Å². The van der Waals surface area contributed by atoms with Crippen molar-refractivity contribution in [3.05, 3.63) is 53.8 Å². The van der Waals surface area contributed by atoms with Crippen molar-refractivity contribution in [2.45, 2.75) is 20.0 Å². The molecular formula is C16H14F4N2. The van der Waals surface area contributed by atoms with Gasteiger partial charge in [0, 0.05) is 5.56 Å². The van der Waals surface area contributed by atoms with Crippen molar-refractivity contribution in [2.24, 2.45) is 0 Å². The van der Waals surface area contributed by atoms with Gasteiger partial charge < -0.3 is 4.98 Å². The van der Waals surface area contributed by atoms with Crippen molar-refractivity contribution in [3.63, 3.8) is 0 Å². The van der Waals surface area contributed by atoms with Crippen LogP contribution in [0.1, 0.15) is 19.4 Å². The molecule has 0 aliphatic rings. The quantitative estimate of drug-likeness (QED) is 0.598. The molecule has 0 fully saturated rings. The maximum atomic E-state index is 13.1. The van der Waals surface area contributed by atoms with Crippen LogP contribution in [-0.4, -0.2) is 9.97 Å². The van der Waals surface area contributed by atoms with E-state index in [9.17, 15) is 17.6 Å². The van der Waals surface area contributed by atoms with Crippen LogP contribution in [0.2, 0.25) is 0 Å². The Morgan fingerprint density at radius 1 is 1.00 bits per heavy atom. The highest BCUT2D eigenvalue weighted by Crippen LogP contribution is 2.31. The molecule has 3 rings (SSSR count). The monoisotopic (exact) mass is 310 g/mol. The summed E-state index contributed by atoms with van der Waals surface area (Å²) in [7, 11) is 0. The van der Waals surface area contributed by atoms with Gasteiger partial charge in [-0.15, -0.1) is 0 Å². The lowest BCUT2D eigenvalue weighted by molar-refractivity contribution is -0.137. The molecule has 1 aromatic heterocycles. The van der Waals surface area contributed by atoms with Crippen LogP contribution in [0.4, 0.5) is 17.6 Å². The summed E-state index contributed by atoms with van der Waals surface area (Å²) < 4.78 is 51.0. The number of aromatic nitrogens is 2. The number of alkyl halides is 3.